The fourth-order valence-corrected chi connectivity index (χ4v) is 0.774. The van der Waals surface area contributed by atoms with E-state index in [9.17, 15) is 4.79 Å². The maximum Gasteiger partial charge on any atom is 0.148 e. The monoisotopic (exact) mass is 99.1 g/mol. The quantitative estimate of drug-likeness (QED) is 0.461. The molecule has 1 fully saturated rings. The van der Waals surface area contributed by atoms with Crippen molar-refractivity contribution in [2.45, 2.75) is 19.4 Å². The highest BCUT2D eigenvalue weighted by Gasteiger charge is 2.15. The number of carbonyl (C=O) groups is 1. The first-order valence-electron chi connectivity index (χ1n) is 2.54. The van der Waals surface area contributed by atoms with Crippen LogP contribution in [0.3, 0.4) is 0 Å². The predicted molar refractivity (Wildman–Crippen MR) is 27.1 cm³/mol. The fraction of sp³-hybridized carbons (Fsp3) is 0.800. The van der Waals surface area contributed by atoms with Gasteiger partial charge in [0.15, 0.2) is 0 Å². The average molecular weight is 99.1 g/mol. The number of nitrogens with one attached hydrogen (secondary N) is 1. The van der Waals surface area contributed by atoms with Crippen molar-refractivity contribution in [3.63, 3.8) is 0 Å². The first-order valence-corrected chi connectivity index (χ1v) is 2.54. The zero-order valence-electron chi connectivity index (χ0n) is 4.40. The van der Waals surface area contributed by atoms with Gasteiger partial charge in [-0.2, -0.15) is 0 Å². The molecule has 0 unspecified atom stereocenters. The molecular weight excluding hydrogens is 90.1 g/mol. The van der Waals surface area contributed by atoms with Crippen LogP contribution in [0.2, 0.25) is 0 Å². The van der Waals surface area contributed by atoms with Crippen LogP contribution in [0.5, 0.6) is 0 Å². The van der Waals surface area contributed by atoms with Crippen LogP contribution in [-0.4, -0.2) is 18.4 Å². The van der Waals surface area contributed by atoms with Crippen LogP contribution < -0.4 is 5.32 Å². The van der Waals surface area contributed by atoms with Gasteiger partial charge in [0.1, 0.15) is 5.78 Å². The van der Waals surface area contributed by atoms with Crippen molar-refractivity contribution in [1.29, 1.82) is 0 Å². The molecule has 2 nitrogen and oxygen atoms in total. The minimum Gasteiger partial charge on any atom is -0.307 e. The summed E-state index contributed by atoms with van der Waals surface area (Å²) >= 11 is 0. The molecule has 2 heteroatoms. The van der Waals surface area contributed by atoms with Gasteiger partial charge in [-0.1, -0.05) is 0 Å². The Bertz CT molecular complexity index is 90.1. The van der Waals surface area contributed by atoms with Crippen LogP contribution >= 0.6 is 0 Å². The summed E-state index contributed by atoms with van der Waals surface area (Å²) in [7, 11) is 0. The summed E-state index contributed by atoms with van der Waals surface area (Å²) in [6, 6.07) is 0.424. The Morgan fingerprint density at radius 2 is 2.57 bits per heavy atom. The van der Waals surface area contributed by atoms with Crippen molar-refractivity contribution in [3.05, 3.63) is 0 Å². The Balaban J connectivity index is 2.40. The first kappa shape index (κ1) is 4.78. The number of Topliss-reactive ketones (excluding diaryl/α,β-unsaturated/α-hetero) is 1. The molecule has 0 radical (unpaired) electrons. The fourth-order valence-electron chi connectivity index (χ4n) is 0.774. The number of ketones is 1. The highest BCUT2D eigenvalue weighted by atomic mass is 16.1. The highest BCUT2D eigenvalue weighted by molar-refractivity contribution is 5.83. The first-order chi connectivity index (χ1) is 3.29. The summed E-state index contributed by atoms with van der Waals surface area (Å²) in [5.74, 6) is 0.340. The van der Waals surface area contributed by atoms with Gasteiger partial charge in [0, 0.05) is 12.5 Å². The van der Waals surface area contributed by atoms with E-state index in [-0.39, 0.29) is 0 Å². The molecule has 0 aromatic carbocycles. The molecule has 1 heterocycles. The van der Waals surface area contributed by atoms with Crippen molar-refractivity contribution < 1.29 is 4.79 Å². The Morgan fingerprint density at radius 3 is 2.71 bits per heavy atom. The SMILES string of the molecule is C[C@H]1CC(=O)CN1. The topological polar surface area (TPSA) is 29.1 Å². The average Bonchev–Trinajstić information content (AvgIpc) is 1.87. The van der Waals surface area contributed by atoms with E-state index in [1.165, 1.54) is 0 Å². The number of carbonyl (C=O) groups excluding carboxylic acids is 1. The molecule has 1 atom stereocenters. The lowest BCUT2D eigenvalue weighted by atomic mass is 10.2. The van der Waals surface area contributed by atoms with E-state index in [4.69, 9.17) is 0 Å². The van der Waals surface area contributed by atoms with Gasteiger partial charge in [0.2, 0.25) is 0 Å². The van der Waals surface area contributed by atoms with Crippen molar-refractivity contribution in [3.8, 4) is 0 Å². The lowest BCUT2D eigenvalue weighted by Gasteiger charge is -1.93. The van der Waals surface area contributed by atoms with E-state index in [1.807, 2.05) is 6.92 Å². The Hall–Kier alpha value is -0.370. The van der Waals surface area contributed by atoms with Crippen molar-refractivity contribution in [2.24, 2.45) is 0 Å². The third kappa shape index (κ3) is 0.996. The van der Waals surface area contributed by atoms with Crippen molar-refractivity contribution in [1.82, 2.24) is 5.32 Å². The van der Waals surface area contributed by atoms with Gasteiger partial charge in [0.05, 0.1) is 6.54 Å². The molecule has 1 aliphatic rings. The largest absolute Gasteiger partial charge is 0.307 e. The molecule has 0 aromatic rings. The Morgan fingerprint density at radius 1 is 1.86 bits per heavy atom. The second-order valence-corrected chi connectivity index (χ2v) is 2.02. The molecule has 0 amide bonds. The lowest BCUT2D eigenvalue weighted by Crippen LogP contribution is -2.16. The van der Waals surface area contributed by atoms with Gasteiger partial charge in [-0.05, 0) is 6.92 Å². The zero-order valence-corrected chi connectivity index (χ0v) is 4.40. The molecule has 1 rings (SSSR count). The maximum absolute atomic E-state index is 10.4. The number of hydrogen-bond donors (Lipinski definition) is 1. The van der Waals surface area contributed by atoms with Gasteiger partial charge in [-0.25, -0.2) is 0 Å². The molecule has 1 saturated heterocycles. The van der Waals surface area contributed by atoms with Crippen LogP contribution in [0, 0.1) is 0 Å². The third-order valence-corrected chi connectivity index (χ3v) is 1.18. The molecule has 7 heavy (non-hydrogen) atoms. The second-order valence-electron chi connectivity index (χ2n) is 2.02. The van der Waals surface area contributed by atoms with Crippen LogP contribution in [-0.2, 0) is 4.79 Å². The zero-order chi connectivity index (χ0) is 5.28. The molecule has 0 aromatic heterocycles. The van der Waals surface area contributed by atoms with Crippen molar-refractivity contribution in [2.75, 3.05) is 6.54 Å². The molecule has 40 valence electrons. The molecular formula is C5H9NO. The smallest absolute Gasteiger partial charge is 0.148 e. The Labute approximate surface area is 42.9 Å². The summed E-state index contributed by atoms with van der Waals surface area (Å²) in [5.41, 5.74) is 0. The Kier molecular flexibility index (Phi) is 1.11. The predicted octanol–water partition coefficient (Wildman–Crippen LogP) is -0.0627. The van der Waals surface area contributed by atoms with Crippen LogP contribution in [0.1, 0.15) is 13.3 Å². The summed E-state index contributed by atoms with van der Waals surface area (Å²) in [4.78, 5) is 10.4. The standard InChI is InChI=1S/C5H9NO/c1-4-2-5(7)3-6-4/h4,6H,2-3H2,1H3/t4-/m0/s1. The normalized spacial score (nSPS) is 31.6. The van der Waals surface area contributed by atoms with Gasteiger partial charge >= 0.3 is 0 Å². The lowest BCUT2D eigenvalue weighted by molar-refractivity contribution is -0.116. The summed E-state index contributed by atoms with van der Waals surface area (Å²) in [5, 5.41) is 3.02. The van der Waals surface area contributed by atoms with E-state index >= 15 is 0 Å². The molecule has 0 spiro atoms. The molecule has 0 aliphatic carbocycles. The van der Waals surface area contributed by atoms with Crippen molar-refractivity contribution >= 4 is 5.78 Å². The van der Waals surface area contributed by atoms with Crippen LogP contribution in [0.4, 0.5) is 0 Å². The van der Waals surface area contributed by atoms with Gasteiger partial charge < -0.3 is 5.32 Å². The molecule has 0 saturated carbocycles. The second kappa shape index (κ2) is 1.62. The van der Waals surface area contributed by atoms with E-state index in [0.717, 1.165) is 6.42 Å². The third-order valence-electron chi connectivity index (χ3n) is 1.18. The van der Waals surface area contributed by atoms with E-state index in [0.29, 0.717) is 18.4 Å². The van der Waals surface area contributed by atoms with Crippen LogP contribution in [0.25, 0.3) is 0 Å². The summed E-state index contributed by atoms with van der Waals surface area (Å²) in [6.45, 7) is 2.60. The minimum atomic E-state index is 0.340. The van der Waals surface area contributed by atoms with Crippen LogP contribution in [0.15, 0.2) is 0 Å². The minimum absolute atomic E-state index is 0.340. The van der Waals surface area contributed by atoms with Gasteiger partial charge in [-0.15, -0.1) is 0 Å². The number of rotatable bonds is 0. The van der Waals surface area contributed by atoms with Gasteiger partial charge in [-0.3, -0.25) is 4.79 Å². The molecule has 1 N–H and O–H groups in total. The van der Waals surface area contributed by atoms with E-state index in [1.54, 1.807) is 0 Å². The van der Waals surface area contributed by atoms with E-state index in [2.05, 4.69) is 5.32 Å². The summed E-state index contributed by atoms with van der Waals surface area (Å²) in [6.07, 6.45) is 0.722. The van der Waals surface area contributed by atoms with Gasteiger partial charge in [0.25, 0.3) is 0 Å². The maximum atomic E-state index is 10.4. The highest BCUT2D eigenvalue weighted by Crippen LogP contribution is 1.97. The van der Waals surface area contributed by atoms with E-state index < -0.39 is 0 Å². The number of hydrogen-bond acceptors (Lipinski definition) is 2. The molecule has 1 aliphatic heterocycles. The molecule has 0 bridgehead atoms. The summed E-state index contributed by atoms with van der Waals surface area (Å²) < 4.78 is 0.